The highest BCUT2D eigenvalue weighted by Crippen LogP contribution is 2.19. The minimum absolute atomic E-state index is 0.0638. The number of hydrogen-bond donors (Lipinski definition) is 0. The van der Waals surface area contributed by atoms with Crippen LogP contribution in [0.5, 0.6) is 0 Å². The molecule has 0 bridgehead atoms. The van der Waals surface area contributed by atoms with Gasteiger partial charge in [0.15, 0.2) is 6.10 Å². The molecule has 0 radical (unpaired) electrons. The van der Waals surface area contributed by atoms with Gasteiger partial charge in [-0.2, -0.15) is 0 Å². The molecule has 75 heavy (non-hydrogen) atoms. The number of rotatable bonds is 64. The molecular weight excluding hydrogens is 925 g/mol. The summed E-state index contributed by atoms with van der Waals surface area (Å²) >= 11 is 0. The summed E-state index contributed by atoms with van der Waals surface area (Å²) in [4.78, 5) is 38.4. The van der Waals surface area contributed by atoms with Crippen LogP contribution in [0.25, 0.3) is 0 Å². The van der Waals surface area contributed by atoms with Crippen LogP contribution in [0.15, 0.2) is 12.2 Å². The molecule has 0 unspecified atom stereocenters. The molecule has 0 amide bonds. The van der Waals surface area contributed by atoms with Crippen molar-refractivity contribution >= 4 is 17.9 Å². The van der Waals surface area contributed by atoms with Crippen molar-refractivity contribution in [1.82, 2.24) is 0 Å². The van der Waals surface area contributed by atoms with Gasteiger partial charge in [-0.05, 0) is 44.9 Å². The molecule has 0 rings (SSSR count). The van der Waals surface area contributed by atoms with Crippen LogP contribution in [-0.4, -0.2) is 37.2 Å². The van der Waals surface area contributed by atoms with Gasteiger partial charge in [-0.1, -0.05) is 341 Å². The molecule has 444 valence electrons. The van der Waals surface area contributed by atoms with Gasteiger partial charge < -0.3 is 14.2 Å². The van der Waals surface area contributed by atoms with E-state index in [0.717, 1.165) is 57.8 Å². The Morgan fingerprint density at radius 2 is 0.440 bits per heavy atom. The van der Waals surface area contributed by atoms with Gasteiger partial charge in [0.1, 0.15) is 13.2 Å². The average molecular weight is 1060 g/mol. The van der Waals surface area contributed by atoms with E-state index in [9.17, 15) is 14.4 Å². The van der Waals surface area contributed by atoms with E-state index in [-0.39, 0.29) is 31.1 Å². The Morgan fingerprint density at radius 3 is 0.667 bits per heavy atom. The molecule has 0 aromatic rings. The summed E-state index contributed by atoms with van der Waals surface area (Å²) in [6.07, 6.45) is 76.5. The Kier molecular flexibility index (Phi) is 63.1. The van der Waals surface area contributed by atoms with E-state index in [1.807, 2.05) is 0 Å². The first kappa shape index (κ1) is 73.2. The second kappa shape index (κ2) is 64.7. The van der Waals surface area contributed by atoms with E-state index in [1.165, 1.54) is 295 Å². The summed E-state index contributed by atoms with van der Waals surface area (Å²) in [6.45, 7) is 6.73. The molecule has 0 aliphatic heterocycles. The van der Waals surface area contributed by atoms with Crippen LogP contribution >= 0.6 is 0 Å². The summed E-state index contributed by atoms with van der Waals surface area (Å²) in [5.74, 6) is -0.830. The molecule has 0 atom stereocenters. The Morgan fingerprint density at radius 1 is 0.253 bits per heavy atom. The zero-order valence-electron chi connectivity index (χ0n) is 51.1. The SMILES string of the molecule is CCCCCCCC/C=C\CCCCCCCCCCCC(=O)OC(COC(=O)CCCCCCCCCCCCCCCCCCCCC)COC(=O)CCCCCCCCCCCCCCCCCCCCC. The standard InChI is InChI=1S/C69H132O6/c1-4-7-10-13-16-19-22-25-28-31-34-37-40-43-46-49-52-55-58-61-67(70)73-64-66(75-69(72)63-60-57-54-51-48-45-42-39-36-33-30-27-24-21-18-15-12-9-6-3)65-74-68(71)62-59-56-53-50-47-44-41-38-35-32-29-26-23-20-17-14-11-8-5-2/h27,30,66H,4-26,28-29,31-65H2,1-3H3/b30-27-. The van der Waals surface area contributed by atoms with E-state index in [4.69, 9.17) is 14.2 Å². The van der Waals surface area contributed by atoms with Gasteiger partial charge in [0.05, 0.1) is 0 Å². The first-order valence-corrected chi connectivity index (χ1v) is 34.2. The van der Waals surface area contributed by atoms with Crippen molar-refractivity contribution in [2.75, 3.05) is 13.2 Å². The highest BCUT2D eigenvalue weighted by molar-refractivity contribution is 5.71. The summed E-state index contributed by atoms with van der Waals surface area (Å²) in [5, 5.41) is 0. The normalized spacial score (nSPS) is 11.6. The van der Waals surface area contributed by atoms with Gasteiger partial charge >= 0.3 is 17.9 Å². The largest absolute Gasteiger partial charge is 0.462 e. The third-order valence-electron chi connectivity index (χ3n) is 15.8. The highest BCUT2D eigenvalue weighted by Gasteiger charge is 2.19. The maximum absolute atomic E-state index is 12.9. The molecule has 0 N–H and O–H groups in total. The van der Waals surface area contributed by atoms with Crippen molar-refractivity contribution in [1.29, 1.82) is 0 Å². The van der Waals surface area contributed by atoms with E-state index in [0.29, 0.717) is 19.3 Å². The number of esters is 3. The molecule has 0 spiro atoms. The number of hydrogen-bond acceptors (Lipinski definition) is 6. The van der Waals surface area contributed by atoms with E-state index in [2.05, 4.69) is 32.9 Å². The Balaban J connectivity index is 4.29. The average Bonchev–Trinajstić information content (AvgIpc) is 3.41. The third-order valence-corrected chi connectivity index (χ3v) is 15.8. The first-order valence-electron chi connectivity index (χ1n) is 34.2. The van der Waals surface area contributed by atoms with Crippen LogP contribution < -0.4 is 0 Å². The molecule has 0 saturated heterocycles. The van der Waals surface area contributed by atoms with Crippen molar-refractivity contribution in [3.63, 3.8) is 0 Å². The van der Waals surface area contributed by atoms with Gasteiger partial charge in [0.25, 0.3) is 0 Å². The van der Waals surface area contributed by atoms with Crippen LogP contribution in [0.1, 0.15) is 393 Å². The summed E-state index contributed by atoms with van der Waals surface area (Å²) in [6, 6.07) is 0. The Labute approximate surface area is 469 Å². The smallest absolute Gasteiger partial charge is 0.306 e. The maximum atomic E-state index is 12.9. The molecule has 0 heterocycles. The first-order chi connectivity index (χ1) is 37.0. The lowest BCUT2D eigenvalue weighted by atomic mass is 10.0. The fourth-order valence-corrected chi connectivity index (χ4v) is 10.6. The van der Waals surface area contributed by atoms with E-state index >= 15 is 0 Å². The van der Waals surface area contributed by atoms with Crippen molar-refractivity contribution < 1.29 is 28.6 Å². The third kappa shape index (κ3) is 62.9. The van der Waals surface area contributed by atoms with Crippen LogP contribution in [-0.2, 0) is 28.6 Å². The second-order valence-electron chi connectivity index (χ2n) is 23.5. The van der Waals surface area contributed by atoms with Gasteiger partial charge in [0, 0.05) is 19.3 Å². The number of unbranched alkanes of at least 4 members (excludes halogenated alkanes) is 51. The quantitative estimate of drug-likeness (QED) is 0.0261. The van der Waals surface area contributed by atoms with Crippen molar-refractivity contribution in [3.05, 3.63) is 12.2 Å². The topological polar surface area (TPSA) is 78.9 Å². The Bertz CT molecular complexity index is 1110. The number of carbonyl (C=O) groups excluding carboxylic acids is 3. The minimum Gasteiger partial charge on any atom is -0.462 e. The van der Waals surface area contributed by atoms with Gasteiger partial charge in [-0.15, -0.1) is 0 Å². The maximum Gasteiger partial charge on any atom is 0.306 e. The van der Waals surface area contributed by atoms with E-state index in [1.54, 1.807) is 0 Å². The van der Waals surface area contributed by atoms with Crippen molar-refractivity contribution in [2.45, 2.75) is 399 Å². The monoisotopic (exact) mass is 1060 g/mol. The molecular formula is C69H132O6. The second-order valence-corrected chi connectivity index (χ2v) is 23.5. The zero-order valence-corrected chi connectivity index (χ0v) is 51.1. The highest BCUT2D eigenvalue weighted by atomic mass is 16.6. The van der Waals surface area contributed by atoms with Crippen LogP contribution in [0.2, 0.25) is 0 Å². The van der Waals surface area contributed by atoms with E-state index < -0.39 is 6.10 Å². The fourth-order valence-electron chi connectivity index (χ4n) is 10.6. The molecule has 0 aliphatic rings. The molecule has 0 aromatic carbocycles. The van der Waals surface area contributed by atoms with Crippen LogP contribution in [0.4, 0.5) is 0 Å². The lowest BCUT2D eigenvalue weighted by molar-refractivity contribution is -0.167. The predicted octanol–water partition coefficient (Wildman–Crippen LogP) is 23.2. The van der Waals surface area contributed by atoms with Gasteiger partial charge in [0.2, 0.25) is 0 Å². The molecule has 6 heteroatoms. The number of ether oxygens (including phenoxy) is 3. The molecule has 0 saturated carbocycles. The predicted molar refractivity (Wildman–Crippen MR) is 326 cm³/mol. The van der Waals surface area contributed by atoms with Crippen LogP contribution in [0, 0.1) is 0 Å². The minimum atomic E-state index is -0.767. The van der Waals surface area contributed by atoms with Gasteiger partial charge in [-0.3, -0.25) is 14.4 Å². The number of allylic oxidation sites excluding steroid dienone is 2. The molecule has 0 aromatic heterocycles. The Hall–Kier alpha value is -1.85. The summed E-state index contributed by atoms with van der Waals surface area (Å²) in [7, 11) is 0. The van der Waals surface area contributed by atoms with Gasteiger partial charge in [-0.25, -0.2) is 0 Å². The van der Waals surface area contributed by atoms with Crippen molar-refractivity contribution in [3.8, 4) is 0 Å². The summed E-state index contributed by atoms with van der Waals surface area (Å²) < 4.78 is 17.0. The molecule has 0 fully saturated rings. The summed E-state index contributed by atoms with van der Waals surface area (Å²) in [5.41, 5.74) is 0. The van der Waals surface area contributed by atoms with Crippen LogP contribution in [0.3, 0.4) is 0 Å². The molecule has 0 aliphatic carbocycles. The lowest BCUT2D eigenvalue weighted by Gasteiger charge is -2.18. The number of carbonyl (C=O) groups is 3. The van der Waals surface area contributed by atoms with Crippen molar-refractivity contribution in [2.24, 2.45) is 0 Å². The lowest BCUT2D eigenvalue weighted by Crippen LogP contribution is -2.30. The fraction of sp³-hybridized carbons (Fsp3) is 0.928. The zero-order chi connectivity index (χ0) is 54.3. The molecule has 6 nitrogen and oxygen atoms in total.